The zero-order chi connectivity index (χ0) is 12.8. The molecule has 1 unspecified atom stereocenters. The van der Waals surface area contributed by atoms with Crippen LogP contribution >= 0.6 is 0 Å². The largest absolute Gasteiger partial charge is 0.398 e. The predicted octanol–water partition coefficient (Wildman–Crippen LogP) is 2.00. The van der Waals surface area contributed by atoms with Crippen molar-refractivity contribution in [2.45, 2.75) is 32.7 Å². The Balaban J connectivity index is 2.76. The Bertz CT molecular complexity index is 448. The van der Waals surface area contributed by atoms with Crippen LogP contribution < -0.4 is 11.1 Å². The number of nitrogens with zero attached hydrogens (tertiary/aromatic N) is 1. The standard InChI is InChI=1S/C13H17N3O/c1-3-11(6-7-14)16-13(17)10-5-4-9(2)12(15)8-10/h4-5,8,11H,3,6,15H2,1-2H3,(H,16,17). The molecule has 1 amide bonds. The van der Waals surface area contributed by atoms with Crippen LogP contribution in [0.1, 0.15) is 35.7 Å². The highest BCUT2D eigenvalue weighted by molar-refractivity contribution is 5.95. The first kappa shape index (κ1) is 13.0. The van der Waals surface area contributed by atoms with Crippen LogP contribution in [0.25, 0.3) is 0 Å². The molecule has 0 aliphatic heterocycles. The molecule has 0 heterocycles. The summed E-state index contributed by atoms with van der Waals surface area (Å²) in [6, 6.07) is 7.16. The fraction of sp³-hybridized carbons (Fsp3) is 0.385. The number of hydrogen-bond acceptors (Lipinski definition) is 3. The molecule has 1 aromatic carbocycles. The lowest BCUT2D eigenvalue weighted by molar-refractivity contribution is 0.0936. The SMILES string of the molecule is CCC(CC#N)NC(=O)c1ccc(C)c(N)c1. The van der Waals surface area contributed by atoms with Crippen molar-refractivity contribution in [2.24, 2.45) is 0 Å². The third kappa shape index (κ3) is 3.49. The molecule has 0 bridgehead atoms. The van der Waals surface area contributed by atoms with Crippen molar-refractivity contribution in [1.82, 2.24) is 5.32 Å². The molecule has 17 heavy (non-hydrogen) atoms. The maximum Gasteiger partial charge on any atom is 0.251 e. The summed E-state index contributed by atoms with van der Waals surface area (Å²) in [5.41, 5.74) is 7.83. The van der Waals surface area contributed by atoms with Gasteiger partial charge in [-0.2, -0.15) is 5.26 Å². The summed E-state index contributed by atoms with van der Waals surface area (Å²) in [6.45, 7) is 3.83. The zero-order valence-electron chi connectivity index (χ0n) is 10.2. The third-order valence-corrected chi connectivity index (χ3v) is 2.71. The number of anilines is 1. The lowest BCUT2D eigenvalue weighted by Gasteiger charge is -2.14. The van der Waals surface area contributed by atoms with Crippen molar-refractivity contribution in [3.8, 4) is 6.07 Å². The molecular weight excluding hydrogens is 214 g/mol. The van der Waals surface area contributed by atoms with E-state index in [0.717, 1.165) is 12.0 Å². The van der Waals surface area contributed by atoms with Crippen LogP contribution in [0.2, 0.25) is 0 Å². The van der Waals surface area contributed by atoms with Gasteiger partial charge in [0.2, 0.25) is 0 Å². The van der Waals surface area contributed by atoms with Crippen LogP contribution in [0, 0.1) is 18.3 Å². The van der Waals surface area contributed by atoms with E-state index in [0.29, 0.717) is 17.7 Å². The first-order valence-electron chi connectivity index (χ1n) is 5.62. The van der Waals surface area contributed by atoms with Crippen molar-refractivity contribution in [3.05, 3.63) is 29.3 Å². The van der Waals surface area contributed by atoms with Crippen molar-refractivity contribution >= 4 is 11.6 Å². The molecule has 0 aromatic heterocycles. The monoisotopic (exact) mass is 231 g/mol. The minimum absolute atomic E-state index is 0.102. The highest BCUT2D eigenvalue weighted by atomic mass is 16.1. The van der Waals surface area contributed by atoms with E-state index in [1.807, 2.05) is 19.9 Å². The number of nitrogen functional groups attached to an aromatic ring is 1. The van der Waals surface area contributed by atoms with Crippen LogP contribution in [-0.4, -0.2) is 11.9 Å². The van der Waals surface area contributed by atoms with Gasteiger partial charge >= 0.3 is 0 Å². The number of carbonyl (C=O) groups is 1. The van der Waals surface area contributed by atoms with Gasteiger partial charge in [-0.25, -0.2) is 0 Å². The number of nitrogens with one attached hydrogen (secondary N) is 1. The molecule has 90 valence electrons. The summed E-state index contributed by atoms with van der Waals surface area (Å²) in [7, 11) is 0. The summed E-state index contributed by atoms with van der Waals surface area (Å²) < 4.78 is 0. The van der Waals surface area contributed by atoms with Crippen molar-refractivity contribution < 1.29 is 4.79 Å². The lowest BCUT2D eigenvalue weighted by atomic mass is 10.1. The van der Waals surface area contributed by atoms with Gasteiger partial charge in [0.1, 0.15) is 0 Å². The Morgan fingerprint density at radius 3 is 2.82 bits per heavy atom. The first-order valence-corrected chi connectivity index (χ1v) is 5.62. The predicted molar refractivity (Wildman–Crippen MR) is 67.4 cm³/mol. The number of amides is 1. The Labute approximate surface area is 101 Å². The summed E-state index contributed by atoms with van der Waals surface area (Å²) >= 11 is 0. The summed E-state index contributed by atoms with van der Waals surface area (Å²) in [4.78, 5) is 11.9. The molecule has 4 nitrogen and oxygen atoms in total. The molecule has 0 radical (unpaired) electrons. The van der Waals surface area contributed by atoms with Gasteiger partial charge in [-0.1, -0.05) is 13.0 Å². The smallest absolute Gasteiger partial charge is 0.251 e. The average Bonchev–Trinajstić information content (AvgIpc) is 2.31. The van der Waals surface area contributed by atoms with E-state index in [4.69, 9.17) is 11.0 Å². The van der Waals surface area contributed by atoms with Crippen LogP contribution in [0.5, 0.6) is 0 Å². The second-order valence-electron chi connectivity index (χ2n) is 4.01. The maximum atomic E-state index is 11.9. The molecular formula is C13H17N3O. The van der Waals surface area contributed by atoms with Gasteiger partial charge in [0.15, 0.2) is 0 Å². The Morgan fingerprint density at radius 2 is 2.29 bits per heavy atom. The Kier molecular flexibility index (Phi) is 4.53. The highest BCUT2D eigenvalue weighted by Crippen LogP contribution is 2.13. The lowest BCUT2D eigenvalue weighted by Crippen LogP contribution is -2.34. The van der Waals surface area contributed by atoms with E-state index >= 15 is 0 Å². The summed E-state index contributed by atoms with van der Waals surface area (Å²) in [6.07, 6.45) is 1.06. The molecule has 0 spiro atoms. The van der Waals surface area contributed by atoms with Crippen molar-refractivity contribution in [1.29, 1.82) is 5.26 Å². The second kappa shape index (κ2) is 5.90. The molecule has 3 N–H and O–H groups in total. The number of benzene rings is 1. The van der Waals surface area contributed by atoms with E-state index in [-0.39, 0.29) is 11.9 Å². The van der Waals surface area contributed by atoms with Gasteiger partial charge in [0.25, 0.3) is 5.91 Å². The van der Waals surface area contributed by atoms with Gasteiger partial charge < -0.3 is 11.1 Å². The van der Waals surface area contributed by atoms with Crippen LogP contribution in [-0.2, 0) is 0 Å². The molecule has 1 aromatic rings. The molecule has 0 aliphatic rings. The quantitative estimate of drug-likeness (QED) is 0.778. The third-order valence-electron chi connectivity index (χ3n) is 2.71. The van der Waals surface area contributed by atoms with E-state index in [1.54, 1.807) is 12.1 Å². The minimum Gasteiger partial charge on any atom is -0.398 e. The Morgan fingerprint density at radius 1 is 1.59 bits per heavy atom. The molecule has 4 heteroatoms. The second-order valence-corrected chi connectivity index (χ2v) is 4.01. The zero-order valence-corrected chi connectivity index (χ0v) is 10.2. The average molecular weight is 231 g/mol. The van der Waals surface area contributed by atoms with Crippen LogP contribution in [0.3, 0.4) is 0 Å². The van der Waals surface area contributed by atoms with E-state index < -0.39 is 0 Å². The minimum atomic E-state index is -0.182. The van der Waals surface area contributed by atoms with Gasteiger partial charge in [0.05, 0.1) is 12.5 Å². The number of nitriles is 1. The number of nitrogens with two attached hydrogens (primary N) is 1. The summed E-state index contributed by atoms with van der Waals surface area (Å²) in [5.74, 6) is -0.182. The highest BCUT2D eigenvalue weighted by Gasteiger charge is 2.12. The van der Waals surface area contributed by atoms with Gasteiger partial charge in [0, 0.05) is 17.3 Å². The number of rotatable bonds is 4. The first-order chi connectivity index (χ1) is 8.08. The number of hydrogen-bond donors (Lipinski definition) is 2. The van der Waals surface area contributed by atoms with Crippen LogP contribution in [0.4, 0.5) is 5.69 Å². The molecule has 0 saturated heterocycles. The summed E-state index contributed by atoms with van der Waals surface area (Å²) in [5, 5.41) is 11.4. The van der Waals surface area contributed by atoms with E-state index in [2.05, 4.69) is 11.4 Å². The molecule has 0 fully saturated rings. The molecule has 1 atom stereocenters. The molecule has 0 saturated carbocycles. The van der Waals surface area contributed by atoms with Gasteiger partial charge in [-0.3, -0.25) is 4.79 Å². The number of carbonyl (C=O) groups excluding carboxylic acids is 1. The van der Waals surface area contributed by atoms with Gasteiger partial charge in [-0.05, 0) is 31.0 Å². The fourth-order valence-corrected chi connectivity index (χ4v) is 1.46. The normalized spacial score (nSPS) is 11.6. The van der Waals surface area contributed by atoms with Crippen LogP contribution in [0.15, 0.2) is 18.2 Å². The Hall–Kier alpha value is -2.02. The van der Waals surface area contributed by atoms with Crippen molar-refractivity contribution in [2.75, 3.05) is 5.73 Å². The maximum absolute atomic E-state index is 11.9. The number of aryl methyl sites for hydroxylation is 1. The topological polar surface area (TPSA) is 78.9 Å². The van der Waals surface area contributed by atoms with Gasteiger partial charge in [-0.15, -0.1) is 0 Å². The fourth-order valence-electron chi connectivity index (χ4n) is 1.46. The molecule has 0 aliphatic carbocycles. The molecule has 1 rings (SSSR count). The van der Waals surface area contributed by atoms with Crippen molar-refractivity contribution in [3.63, 3.8) is 0 Å². The van der Waals surface area contributed by atoms with E-state index in [1.165, 1.54) is 0 Å². The van der Waals surface area contributed by atoms with E-state index in [9.17, 15) is 4.79 Å².